The molecule has 6 nitrogen and oxygen atoms in total. The number of carbonyl (C=O) groups is 3. The average Bonchev–Trinajstić information content (AvgIpc) is 2.74. The van der Waals surface area contributed by atoms with Crippen molar-refractivity contribution in [2.24, 2.45) is 0 Å². The van der Waals surface area contributed by atoms with Gasteiger partial charge in [-0.25, -0.2) is 4.79 Å². The van der Waals surface area contributed by atoms with Crippen LogP contribution in [-0.2, 0) is 4.79 Å². The first-order valence-corrected chi connectivity index (χ1v) is 11.1. The smallest absolute Gasteiger partial charge is 0.335 e. The fourth-order valence-corrected chi connectivity index (χ4v) is 4.01. The van der Waals surface area contributed by atoms with E-state index in [0.717, 1.165) is 10.5 Å². The van der Waals surface area contributed by atoms with E-state index in [1.807, 2.05) is 6.07 Å². The highest BCUT2D eigenvalue weighted by Gasteiger charge is 2.12. The number of halogens is 2. The van der Waals surface area contributed by atoms with E-state index in [2.05, 4.69) is 10.6 Å². The molecule has 0 saturated heterocycles. The van der Waals surface area contributed by atoms with Gasteiger partial charge in [0.05, 0.1) is 21.9 Å². The van der Waals surface area contributed by atoms with Crippen LogP contribution >= 0.6 is 35.0 Å². The van der Waals surface area contributed by atoms with Gasteiger partial charge in [0.1, 0.15) is 0 Å². The van der Waals surface area contributed by atoms with Gasteiger partial charge in [-0.05, 0) is 61.0 Å². The first-order valence-electron chi connectivity index (χ1n) is 9.36. The summed E-state index contributed by atoms with van der Waals surface area (Å²) in [5.41, 5.74) is 2.17. The molecule has 0 bridgehead atoms. The number of carboxylic acid groups (broad SMARTS) is 1. The molecule has 0 unspecified atom stereocenters. The Kier molecular flexibility index (Phi) is 7.80. The summed E-state index contributed by atoms with van der Waals surface area (Å²) in [6.07, 6.45) is 0. The second-order valence-corrected chi connectivity index (χ2v) is 8.67. The highest BCUT2D eigenvalue weighted by Crippen LogP contribution is 2.25. The number of nitrogens with one attached hydrogen (secondary N) is 2. The summed E-state index contributed by atoms with van der Waals surface area (Å²) in [6, 6.07) is 16.2. The Morgan fingerprint density at radius 2 is 1.75 bits per heavy atom. The summed E-state index contributed by atoms with van der Waals surface area (Å²) in [5.74, 6) is -1.60. The van der Waals surface area contributed by atoms with Crippen molar-refractivity contribution >= 4 is 64.1 Å². The Hall–Kier alpha value is -3.00. The van der Waals surface area contributed by atoms with Gasteiger partial charge in [0.25, 0.3) is 5.91 Å². The Labute approximate surface area is 198 Å². The number of hydrogen-bond acceptors (Lipinski definition) is 4. The molecule has 0 aromatic heterocycles. The van der Waals surface area contributed by atoms with Crippen molar-refractivity contribution in [1.82, 2.24) is 0 Å². The third-order valence-corrected chi connectivity index (χ3v) is 5.94. The van der Waals surface area contributed by atoms with E-state index in [9.17, 15) is 14.4 Å². The lowest BCUT2D eigenvalue weighted by Gasteiger charge is -2.10. The number of thioether (sulfide) groups is 1. The first-order chi connectivity index (χ1) is 15.2. The number of rotatable bonds is 7. The molecule has 3 rings (SSSR count). The summed E-state index contributed by atoms with van der Waals surface area (Å²) in [5, 5.41) is 15.3. The van der Waals surface area contributed by atoms with Gasteiger partial charge in [0, 0.05) is 21.3 Å². The molecule has 3 aromatic carbocycles. The quantitative estimate of drug-likeness (QED) is 0.355. The summed E-state index contributed by atoms with van der Waals surface area (Å²) in [7, 11) is 0. The van der Waals surface area contributed by atoms with Crippen molar-refractivity contribution in [3.05, 3.63) is 87.4 Å². The molecule has 0 fully saturated rings. The van der Waals surface area contributed by atoms with Crippen molar-refractivity contribution in [3.63, 3.8) is 0 Å². The molecule has 0 saturated carbocycles. The van der Waals surface area contributed by atoms with E-state index in [1.54, 1.807) is 43.3 Å². The fraction of sp³-hybridized carbons (Fsp3) is 0.0870. The molecule has 0 radical (unpaired) electrons. The van der Waals surface area contributed by atoms with Crippen LogP contribution in [-0.4, -0.2) is 28.6 Å². The standard InChI is InChI=1S/C23H18Cl2N2O4S/c1-13-5-6-14(23(30)31)9-20(13)27-21(28)12-32-17-4-2-3-16(11-17)26-22(29)18-8-7-15(24)10-19(18)25/h2-11H,12H2,1H3,(H,26,29)(H,27,28)(H,30,31). The number of hydrogen-bond donors (Lipinski definition) is 3. The maximum Gasteiger partial charge on any atom is 0.335 e. The monoisotopic (exact) mass is 488 g/mol. The molecule has 9 heteroatoms. The Bertz CT molecular complexity index is 1200. The van der Waals surface area contributed by atoms with Crippen molar-refractivity contribution in [2.45, 2.75) is 11.8 Å². The number of amides is 2. The second-order valence-electron chi connectivity index (χ2n) is 6.78. The number of carboxylic acids is 1. The van der Waals surface area contributed by atoms with Gasteiger partial charge in [0.15, 0.2) is 0 Å². The summed E-state index contributed by atoms with van der Waals surface area (Å²) < 4.78 is 0. The zero-order valence-corrected chi connectivity index (χ0v) is 19.1. The van der Waals surface area contributed by atoms with Crippen LogP contribution in [0.3, 0.4) is 0 Å². The van der Waals surface area contributed by atoms with E-state index in [4.69, 9.17) is 28.3 Å². The van der Waals surface area contributed by atoms with E-state index in [-0.39, 0.29) is 28.2 Å². The van der Waals surface area contributed by atoms with Crippen molar-refractivity contribution in [3.8, 4) is 0 Å². The van der Waals surface area contributed by atoms with Crippen LogP contribution in [0.1, 0.15) is 26.3 Å². The van der Waals surface area contributed by atoms with Crippen LogP contribution in [0.4, 0.5) is 11.4 Å². The molecule has 0 spiro atoms. The van der Waals surface area contributed by atoms with Crippen molar-refractivity contribution in [1.29, 1.82) is 0 Å². The van der Waals surface area contributed by atoms with Gasteiger partial charge in [-0.2, -0.15) is 0 Å². The molecule has 164 valence electrons. The summed E-state index contributed by atoms with van der Waals surface area (Å²) in [6.45, 7) is 1.79. The molecule has 0 aliphatic carbocycles. The molecule has 0 aliphatic rings. The molecular formula is C23H18Cl2N2O4S. The number of carbonyl (C=O) groups excluding carboxylic acids is 2. The number of anilines is 2. The zero-order valence-electron chi connectivity index (χ0n) is 16.8. The number of benzene rings is 3. The predicted octanol–water partition coefficient (Wildman–Crippen LogP) is 5.98. The molecular weight excluding hydrogens is 471 g/mol. The summed E-state index contributed by atoms with van der Waals surface area (Å²) in [4.78, 5) is 36.7. The third-order valence-electron chi connectivity index (χ3n) is 4.40. The lowest BCUT2D eigenvalue weighted by molar-refractivity contribution is -0.113. The van der Waals surface area contributed by atoms with E-state index in [1.165, 1.54) is 30.0 Å². The van der Waals surface area contributed by atoms with Gasteiger partial charge in [-0.1, -0.05) is 35.3 Å². The van der Waals surface area contributed by atoms with Gasteiger partial charge < -0.3 is 15.7 Å². The van der Waals surface area contributed by atoms with Crippen LogP contribution in [0.15, 0.2) is 65.6 Å². The minimum Gasteiger partial charge on any atom is -0.478 e. The first kappa shape index (κ1) is 23.7. The van der Waals surface area contributed by atoms with Crippen LogP contribution in [0.25, 0.3) is 0 Å². The summed E-state index contributed by atoms with van der Waals surface area (Å²) >= 11 is 13.2. The highest BCUT2D eigenvalue weighted by molar-refractivity contribution is 8.00. The van der Waals surface area contributed by atoms with Crippen LogP contribution in [0.2, 0.25) is 10.0 Å². The Morgan fingerprint density at radius 3 is 2.47 bits per heavy atom. The highest BCUT2D eigenvalue weighted by atomic mass is 35.5. The van der Waals surface area contributed by atoms with E-state index < -0.39 is 5.97 Å². The van der Waals surface area contributed by atoms with Crippen LogP contribution in [0, 0.1) is 6.92 Å². The largest absolute Gasteiger partial charge is 0.478 e. The van der Waals surface area contributed by atoms with Gasteiger partial charge >= 0.3 is 5.97 Å². The van der Waals surface area contributed by atoms with E-state index in [0.29, 0.717) is 22.0 Å². The molecule has 32 heavy (non-hydrogen) atoms. The lowest BCUT2D eigenvalue weighted by Crippen LogP contribution is -2.15. The van der Waals surface area contributed by atoms with Crippen molar-refractivity contribution in [2.75, 3.05) is 16.4 Å². The molecule has 2 amide bonds. The molecule has 3 N–H and O–H groups in total. The third kappa shape index (κ3) is 6.26. The van der Waals surface area contributed by atoms with Gasteiger partial charge in [-0.3, -0.25) is 9.59 Å². The van der Waals surface area contributed by atoms with E-state index >= 15 is 0 Å². The SMILES string of the molecule is Cc1ccc(C(=O)O)cc1NC(=O)CSc1cccc(NC(=O)c2ccc(Cl)cc2Cl)c1. The minimum atomic E-state index is -1.06. The lowest BCUT2D eigenvalue weighted by atomic mass is 10.1. The minimum absolute atomic E-state index is 0.0998. The molecule has 0 aliphatic heterocycles. The van der Waals surface area contributed by atoms with Crippen LogP contribution in [0.5, 0.6) is 0 Å². The average molecular weight is 489 g/mol. The number of aromatic carboxylic acids is 1. The number of aryl methyl sites for hydroxylation is 1. The normalized spacial score (nSPS) is 10.5. The fourth-order valence-electron chi connectivity index (χ4n) is 2.76. The zero-order chi connectivity index (χ0) is 23.3. The molecule has 0 heterocycles. The Balaban J connectivity index is 1.61. The molecule has 0 atom stereocenters. The second kappa shape index (κ2) is 10.5. The predicted molar refractivity (Wildman–Crippen MR) is 128 cm³/mol. The maximum absolute atomic E-state index is 12.5. The van der Waals surface area contributed by atoms with Crippen molar-refractivity contribution < 1.29 is 19.5 Å². The van der Waals surface area contributed by atoms with Gasteiger partial charge in [0.2, 0.25) is 5.91 Å². The molecule has 3 aromatic rings. The van der Waals surface area contributed by atoms with Gasteiger partial charge in [-0.15, -0.1) is 11.8 Å². The maximum atomic E-state index is 12.5. The van der Waals surface area contributed by atoms with Crippen LogP contribution < -0.4 is 10.6 Å². The topological polar surface area (TPSA) is 95.5 Å². The Morgan fingerprint density at radius 1 is 0.969 bits per heavy atom.